The highest BCUT2D eigenvalue weighted by atomic mass is 16.2. The summed E-state index contributed by atoms with van der Waals surface area (Å²) in [6.45, 7) is 1.58. The predicted octanol–water partition coefficient (Wildman–Crippen LogP) is 3.51. The van der Waals surface area contributed by atoms with Crippen molar-refractivity contribution in [3.63, 3.8) is 0 Å². The van der Waals surface area contributed by atoms with Crippen molar-refractivity contribution in [1.29, 1.82) is 0 Å². The van der Waals surface area contributed by atoms with Crippen molar-refractivity contribution >= 4 is 16.8 Å². The van der Waals surface area contributed by atoms with E-state index < -0.39 is 0 Å². The number of likely N-dealkylation sites (tertiary alicyclic amines) is 1. The van der Waals surface area contributed by atoms with Gasteiger partial charge in [-0.1, -0.05) is 24.3 Å². The number of amides is 1. The molecule has 1 atom stereocenters. The van der Waals surface area contributed by atoms with Gasteiger partial charge in [0, 0.05) is 30.9 Å². The first-order valence-corrected chi connectivity index (χ1v) is 9.19. The molecular formula is C21H22N4O. The van der Waals surface area contributed by atoms with Crippen LogP contribution in [0.5, 0.6) is 0 Å². The zero-order valence-corrected chi connectivity index (χ0v) is 14.7. The van der Waals surface area contributed by atoms with Crippen LogP contribution in [0.25, 0.3) is 10.9 Å². The molecule has 1 saturated heterocycles. The molecular weight excluding hydrogens is 324 g/mol. The van der Waals surface area contributed by atoms with E-state index in [2.05, 4.69) is 39.2 Å². The third-order valence-electron chi connectivity index (χ3n) is 5.16. The van der Waals surface area contributed by atoms with E-state index in [1.807, 2.05) is 17.2 Å². The predicted molar refractivity (Wildman–Crippen MR) is 101 cm³/mol. The van der Waals surface area contributed by atoms with E-state index in [9.17, 15) is 4.79 Å². The summed E-state index contributed by atoms with van der Waals surface area (Å²) in [6, 6.07) is 12.2. The highest BCUT2D eigenvalue weighted by molar-refractivity contribution is 5.92. The Morgan fingerprint density at radius 2 is 1.96 bits per heavy atom. The zero-order valence-electron chi connectivity index (χ0n) is 14.7. The largest absolute Gasteiger partial charge is 0.337 e. The van der Waals surface area contributed by atoms with Gasteiger partial charge in [0.25, 0.3) is 5.91 Å². The fraction of sp³-hybridized carbons (Fsp3) is 0.333. The summed E-state index contributed by atoms with van der Waals surface area (Å²) >= 11 is 0. The first kappa shape index (κ1) is 16.6. The van der Waals surface area contributed by atoms with Crippen molar-refractivity contribution in [2.24, 2.45) is 5.92 Å². The van der Waals surface area contributed by atoms with E-state index in [-0.39, 0.29) is 5.91 Å². The molecule has 0 radical (unpaired) electrons. The minimum atomic E-state index is 0.0138. The second-order valence-electron chi connectivity index (χ2n) is 6.88. The maximum absolute atomic E-state index is 12.6. The quantitative estimate of drug-likeness (QED) is 0.728. The lowest BCUT2D eigenvalue weighted by Gasteiger charge is -2.20. The van der Waals surface area contributed by atoms with Crippen LogP contribution in [0.2, 0.25) is 0 Å². The van der Waals surface area contributed by atoms with Crippen molar-refractivity contribution < 1.29 is 4.79 Å². The molecule has 1 unspecified atom stereocenters. The number of fused-ring (bicyclic) bond motifs is 1. The fourth-order valence-corrected chi connectivity index (χ4v) is 3.79. The molecule has 1 fully saturated rings. The smallest absolute Gasteiger partial charge is 0.272 e. The number of rotatable bonds is 3. The van der Waals surface area contributed by atoms with E-state index in [1.165, 1.54) is 17.3 Å². The van der Waals surface area contributed by atoms with E-state index >= 15 is 0 Å². The first-order valence-electron chi connectivity index (χ1n) is 9.19. The van der Waals surface area contributed by atoms with E-state index in [4.69, 9.17) is 0 Å². The maximum Gasteiger partial charge on any atom is 0.272 e. The lowest BCUT2D eigenvalue weighted by atomic mass is 9.91. The summed E-state index contributed by atoms with van der Waals surface area (Å²) in [7, 11) is 0. The van der Waals surface area contributed by atoms with Crippen LogP contribution in [0.15, 0.2) is 55.1 Å². The molecule has 0 saturated carbocycles. The van der Waals surface area contributed by atoms with Crippen molar-refractivity contribution in [2.75, 3.05) is 13.1 Å². The van der Waals surface area contributed by atoms with Crippen molar-refractivity contribution in [3.05, 3.63) is 66.4 Å². The number of nitrogens with zero attached hydrogens (tertiary/aromatic N) is 4. The SMILES string of the molecule is O=C(c1ccncn1)N1CCCC(Cc2cccc3cccnc23)CC1. The van der Waals surface area contributed by atoms with Gasteiger partial charge >= 0.3 is 0 Å². The monoisotopic (exact) mass is 346 g/mol. The second-order valence-corrected chi connectivity index (χ2v) is 6.88. The van der Waals surface area contributed by atoms with Gasteiger partial charge < -0.3 is 4.90 Å². The van der Waals surface area contributed by atoms with Crippen LogP contribution >= 0.6 is 0 Å². The van der Waals surface area contributed by atoms with Gasteiger partial charge in [0.2, 0.25) is 0 Å². The lowest BCUT2D eigenvalue weighted by Crippen LogP contribution is -2.32. The lowest BCUT2D eigenvalue weighted by molar-refractivity contribution is 0.0754. The number of pyridine rings is 1. The van der Waals surface area contributed by atoms with Gasteiger partial charge in [0.15, 0.2) is 0 Å². The molecule has 0 spiro atoms. The number of carbonyl (C=O) groups excluding carboxylic acids is 1. The molecule has 1 aliphatic rings. The molecule has 132 valence electrons. The Morgan fingerprint density at radius 3 is 2.85 bits per heavy atom. The highest BCUT2D eigenvalue weighted by Gasteiger charge is 2.23. The average Bonchev–Trinajstić information content (AvgIpc) is 2.94. The van der Waals surface area contributed by atoms with Gasteiger partial charge in [-0.15, -0.1) is 0 Å². The van der Waals surface area contributed by atoms with E-state index in [0.29, 0.717) is 11.6 Å². The number of para-hydroxylation sites is 1. The third kappa shape index (κ3) is 3.57. The summed E-state index contributed by atoms with van der Waals surface area (Å²) in [6.07, 6.45) is 9.11. The topological polar surface area (TPSA) is 59.0 Å². The highest BCUT2D eigenvalue weighted by Crippen LogP contribution is 2.25. The number of aromatic nitrogens is 3. The average molecular weight is 346 g/mol. The number of carbonyl (C=O) groups is 1. The van der Waals surface area contributed by atoms with E-state index in [1.54, 1.807) is 12.3 Å². The van der Waals surface area contributed by atoms with Crippen molar-refractivity contribution in [1.82, 2.24) is 19.9 Å². The number of benzene rings is 1. The van der Waals surface area contributed by atoms with Gasteiger partial charge in [-0.25, -0.2) is 9.97 Å². The minimum absolute atomic E-state index is 0.0138. The number of hydrogen-bond donors (Lipinski definition) is 0. The van der Waals surface area contributed by atoms with Gasteiger partial charge in [0.1, 0.15) is 12.0 Å². The molecule has 26 heavy (non-hydrogen) atoms. The van der Waals surface area contributed by atoms with Crippen LogP contribution in [-0.2, 0) is 6.42 Å². The van der Waals surface area contributed by atoms with Crippen LogP contribution in [0.1, 0.15) is 35.3 Å². The van der Waals surface area contributed by atoms with Gasteiger partial charge in [-0.05, 0) is 49.3 Å². The molecule has 2 aromatic heterocycles. The molecule has 1 amide bonds. The molecule has 0 N–H and O–H groups in total. The summed E-state index contributed by atoms with van der Waals surface area (Å²) in [5.41, 5.74) is 2.90. The maximum atomic E-state index is 12.6. The van der Waals surface area contributed by atoms with Crippen molar-refractivity contribution in [3.8, 4) is 0 Å². The van der Waals surface area contributed by atoms with E-state index in [0.717, 1.165) is 44.3 Å². The summed E-state index contributed by atoms with van der Waals surface area (Å²) in [5, 5.41) is 1.19. The summed E-state index contributed by atoms with van der Waals surface area (Å²) in [4.78, 5) is 27.1. The van der Waals surface area contributed by atoms with Crippen LogP contribution in [0.4, 0.5) is 0 Å². The van der Waals surface area contributed by atoms with Crippen LogP contribution in [0.3, 0.4) is 0 Å². The number of hydrogen-bond acceptors (Lipinski definition) is 4. The molecule has 0 bridgehead atoms. The van der Waals surface area contributed by atoms with Crippen LogP contribution in [-0.4, -0.2) is 38.8 Å². The normalized spacial score (nSPS) is 17.8. The summed E-state index contributed by atoms with van der Waals surface area (Å²) < 4.78 is 0. The van der Waals surface area contributed by atoms with Crippen molar-refractivity contribution in [2.45, 2.75) is 25.7 Å². The van der Waals surface area contributed by atoms with Gasteiger partial charge in [0.05, 0.1) is 5.52 Å². The fourth-order valence-electron chi connectivity index (χ4n) is 3.79. The Bertz CT molecular complexity index is 891. The van der Waals surface area contributed by atoms with Gasteiger partial charge in [-0.2, -0.15) is 0 Å². The van der Waals surface area contributed by atoms with Crippen LogP contribution < -0.4 is 0 Å². The molecule has 1 aliphatic heterocycles. The molecule has 0 aliphatic carbocycles. The molecule has 3 heterocycles. The Labute approximate surface area is 153 Å². The second kappa shape index (κ2) is 7.60. The minimum Gasteiger partial charge on any atom is -0.337 e. The molecule has 3 aromatic rings. The molecule has 5 heteroatoms. The first-order chi connectivity index (χ1) is 12.8. The molecule has 5 nitrogen and oxygen atoms in total. The Hall–Kier alpha value is -2.82. The third-order valence-corrected chi connectivity index (χ3v) is 5.16. The Balaban J connectivity index is 1.45. The zero-order chi connectivity index (χ0) is 17.8. The molecule has 1 aromatic carbocycles. The summed E-state index contributed by atoms with van der Waals surface area (Å²) in [5.74, 6) is 0.589. The van der Waals surface area contributed by atoms with Gasteiger partial charge in [-0.3, -0.25) is 9.78 Å². The Kier molecular flexibility index (Phi) is 4.86. The Morgan fingerprint density at radius 1 is 1.04 bits per heavy atom. The standard InChI is InChI=1S/C21H22N4O/c26-21(19-8-11-22-15-24-19)25-12-3-4-16(9-13-25)14-18-6-1-5-17-7-2-10-23-20(17)18/h1-2,5-8,10-11,15-16H,3-4,9,12-14H2. The molecule has 4 rings (SSSR count). The van der Waals surface area contributed by atoms with Crippen LogP contribution in [0, 0.1) is 5.92 Å².